The lowest BCUT2D eigenvalue weighted by atomic mass is 10.2. The van der Waals surface area contributed by atoms with Crippen molar-refractivity contribution in [2.45, 2.75) is 42.0 Å². The highest BCUT2D eigenvalue weighted by Crippen LogP contribution is 2.33. The molecule has 1 heterocycles. The molecule has 33 heavy (non-hydrogen) atoms. The molecule has 7 nitrogen and oxygen atoms in total. The number of aryl methyl sites for hydroxylation is 1. The zero-order valence-corrected chi connectivity index (χ0v) is 19.2. The van der Waals surface area contributed by atoms with Gasteiger partial charge in [-0.05, 0) is 67.8 Å². The smallest absolute Gasteiger partial charge is 0.482 e. The highest BCUT2D eigenvalue weighted by atomic mass is 32.2. The highest BCUT2D eigenvalue weighted by Gasteiger charge is 2.36. The Morgan fingerprint density at radius 1 is 1.21 bits per heavy atom. The van der Waals surface area contributed by atoms with Gasteiger partial charge >= 0.3 is 12.3 Å². The third kappa shape index (κ3) is 6.78. The average Bonchev–Trinajstić information content (AvgIpc) is 3.20. The van der Waals surface area contributed by atoms with Crippen LogP contribution in [0.3, 0.4) is 0 Å². The predicted octanol–water partition coefficient (Wildman–Crippen LogP) is 4.30. The number of carboxylic acid groups (broad SMARTS) is 1. The number of alkyl halides is 3. The first kappa shape index (κ1) is 25.2. The molecule has 1 atom stereocenters. The van der Waals surface area contributed by atoms with Gasteiger partial charge in [0.2, 0.25) is 10.0 Å². The van der Waals surface area contributed by atoms with Crippen molar-refractivity contribution < 1.29 is 41.0 Å². The zero-order chi connectivity index (χ0) is 24.2. The van der Waals surface area contributed by atoms with Gasteiger partial charge in [0.05, 0.1) is 4.90 Å². The first-order chi connectivity index (χ1) is 15.5. The fourth-order valence-electron chi connectivity index (χ4n) is 3.45. The minimum absolute atomic E-state index is 0.0929. The number of sulfonamides is 1. The van der Waals surface area contributed by atoms with E-state index in [2.05, 4.69) is 4.74 Å². The minimum atomic E-state index is -4.85. The SMILES string of the molecule is Cc1cc(SC[C@@H]2CCCN2S(=O)(=O)c2ccc(OC(F)(F)F)cc2)ccc1OCC(=O)O. The van der Waals surface area contributed by atoms with Gasteiger partial charge < -0.3 is 14.6 Å². The molecule has 0 saturated carbocycles. The van der Waals surface area contributed by atoms with E-state index < -0.39 is 34.7 Å². The third-order valence-corrected chi connectivity index (χ3v) is 8.03. The summed E-state index contributed by atoms with van der Waals surface area (Å²) in [5, 5.41) is 8.72. The summed E-state index contributed by atoms with van der Waals surface area (Å²) in [7, 11) is -3.88. The molecule has 1 saturated heterocycles. The summed E-state index contributed by atoms with van der Waals surface area (Å²) in [6, 6.07) is 9.21. The van der Waals surface area contributed by atoms with E-state index >= 15 is 0 Å². The molecule has 1 aliphatic heterocycles. The summed E-state index contributed by atoms with van der Waals surface area (Å²) >= 11 is 1.47. The van der Waals surface area contributed by atoms with Gasteiger partial charge in [-0.15, -0.1) is 24.9 Å². The number of aliphatic carboxylic acids is 1. The number of carboxylic acids is 1. The molecule has 0 aromatic heterocycles. The summed E-state index contributed by atoms with van der Waals surface area (Å²) in [5.74, 6) is -0.604. The molecular formula is C21H22F3NO6S2. The van der Waals surface area contributed by atoms with Crippen LogP contribution in [0.2, 0.25) is 0 Å². The Morgan fingerprint density at radius 3 is 2.52 bits per heavy atom. The van der Waals surface area contributed by atoms with Crippen LogP contribution in [-0.2, 0) is 14.8 Å². The molecule has 2 aromatic rings. The Morgan fingerprint density at radius 2 is 1.91 bits per heavy atom. The van der Waals surface area contributed by atoms with Crippen LogP contribution < -0.4 is 9.47 Å². The van der Waals surface area contributed by atoms with Crippen LogP contribution in [0.5, 0.6) is 11.5 Å². The van der Waals surface area contributed by atoms with Gasteiger partial charge in [-0.1, -0.05) is 0 Å². The first-order valence-corrected chi connectivity index (χ1v) is 12.3. The van der Waals surface area contributed by atoms with E-state index in [0.717, 1.165) is 34.7 Å². The maximum absolute atomic E-state index is 13.1. The van der Waals surface area contributed by atoms with Crippen LogP contribution in [0.25, 0.3) is 0 Å². The number of rotatable bonds is 9. The monoisotopic (exact) mass is 505 g/mol. The number of halogens is 3. The maximum atomic E-state index is 13.1. The molecular weight excluding hydrogens is 483 g/mol. The molecule has 0 aliphatic carbocycles. The van der Waals surface area contributed by atoms with Gasteiger partial charge in [0.25, 0.3) is 0 Å². The molecule has 180 valence electrons. The molecule has 3 rings (SSSR count). The molecule has 0 bridgehead atoms. The molecule has 0 unspecified atom stereocenters. The lowest BCUT2D eigenvalue weighted by molar-refractivity contribution is -0.274. The number of carbonyl (C=O) groups is 1. The van der Waals surface area contributed by atoms with Gasteiger partial charge in [-0.2, -0.15) is 4.31 Å². The van der Waals surface area contributed by atoms with E-state index in [4.69, 9.17) is 9.84 Å². The molecule has 1 fully saturated rings. The second-order valence-electron chi connectivity index (χ2n) is 7.35. The standard InChI is InChI=1S/C21H22F3NO6S2/c1-14-11-17(6-9-19(14)30-12-20(26)27)32-13-15-3-2-10-25(15)33(28,29)18-7-4-16(5-8-18)31-21(22,23)24/h4-9,11,15H,2-3,10,12-13H2,1H3,(H,26,27)/t15-/m0/s1. The summed E-state index contributed by atoms with van der Waals surface area (Å²) in [5.41, 5.74) is 0.762. The molecule has 12 heteroatoms. The van der Waals surface area contributed by atoms with Gasteiger partial charge in [-0.25, -0.2) is 13.2 Å². The minimum Gasteiger partial charge on any atom is -0.482 e. The van der Waals surface area contributed by atoms with Crippen LogP contribution in [0.4, 0.5) is 13.2 Å². The Kier molecular flexibility index (Phi) is 7.80. The van der Waals surface area contributed by atoms with Crippen molar-refractivity contribution in [3.8, 4) is 11.5 Å². The number of nitrogens with zero attached hydrogens (tertiary/aromatic N) is 1. The van der Waals surface area contributed by atoms with E-state index in [9.17, 15) is 26.4 Å². The largest absolute Gasteiger partial charge is 0.573 e. The van der Waals surface area contributed by atoms with Gasteiger partial charge in [0.15, 0.2) is 6.61 Å². The fourth-order valence-corrected chi connectivity index (χ4v) is 6.39. The Balaban J connectivity index is 1.65. The summed E-state index contributed by atoms with van der Waals surface area (Å²) in [6.07, 6.45) is -3.50. The van der Waals surface area contributed by atoms with E-state index in [-0.39, 0.29) is 10.9 Å². The lowest BCUT2D eigenvalue weighted by Crippen LogP contribution is -2.36. The third-order valence-electron chi connectivity index (χ3n) is 4.93. The van der Waals surface area contributed by atoms with Gasteiger partial charge in [0, 0.05) is 23.2 Å². The number of benzene rings is 2. The molecule has 2 aromatic carbocycles. The number of thioether (sulfide) groups is 1. The van der Waals surface area contributed by atoms with Crippen molar-refractivity contribution in [3.05, 3.63) is 48.0 Å². The van der Waals surface area contributed by atoms with E-state index in [1.54, 1.807) is 19.1 Å². The average molecular weight is 506 g/mol. The maximum Gasteiger partial charge on any atom is 0.573 e. The second kappa shape index (κ2) is 10.2. The Bertz CT molecular complexity index is 1090. The quantitative estimate of drug-likeness (QED) is 0.508. The summed E-state index contributed by atoms with van der Waals surface area (Å²) in [6.45, 7) is 1.68. The van der Waals surface area contributed by atoms with E-state index in [1.165, 1.54) is 16.1 Å². The molecule has 0 spiro atoms. The van der Waals surface area contributed by atoms with Crippen molar-refractivity contribution in [2.24, 2.45) is 0 Å². The van der Waals surface area contributed by atoms with E-state index in [0.29, 0.717) is 30.9 Å². The molecule has 0 radical (unpaired) electrons. The van der Waals surface area contributed by atoms with Crippen molar-refractivity contribution >= 4 is 27.8 Å². The van der Waals surface area contributed by atoms with Crippen molar-refractivity contribution in [2.75, 3.05) is 18.9 Å². The van der Waals surface area contributed by atoms with Crippen LogP contribution in [0, 0.1) is 6.92 Å². The molecule has 0 amide bonds. The van der Waals surface area contributed by atoms with Crippen LogP contribution in [0.15, 0.2) is 52.3 Å². The van der Waals surface area contributed by atoms with Crippen molar-refractivity contribution in [1.29, 1.82) is 0 Å². The van der Waals surface area contributed by atoms with Crippen LogP contribution in [0.1, 0.15) is 18.4 Å². The van der Waals surface area contributed by atoms with Crippen LogP contribution in [-0.4, -0.2) is 55.1 Å². The first-order valence-electron chi connectivity index (χ1n) is 9.91. The van der Waals surface area contributed by atoms with Crippen molar-refractivity contribution in [3.63, 3.8) is 0 Å². The topological polar surface area (TPSA) is 93.1 Å². The van der Waals surface area contributed by atoms with E-state index in [1.807, 2.05) is 6.07 Å². The van der Waals surface area contributed by atoms with Gasteiger partial charge in [-0.3, -0.25) is 0 Å². The second-order valence-corrected chi connectivity index (χ2v) is 10.3. The molecule has 1 aliphatic rings. The number of hydrogen-bond acceptors (Lipinski definition) is 6. The summed E-state index contributed by atoms with van der Waals surface area (Å²) < 4.78 is 73.5. The number of ether oxygens (including phenoxy) is 2. The summed E-state index contributed by atoms with van der Waals surface area (Å²) in [4.78, 5) is 11.4. The normalized spacial score (nSPS) is 17.2. The Labute approximate surface area is 193 Å². The lowest BCUT2D eigenvalue weighted by Gasteiger charge is -2.24. The van der Waals surface area contributed by atoms with Gasteiger partial charge in [0.1, 0.15) is 11.5 Å². The zero-order valence-electron chi connectivity index (χ0n) is 17.5. The fraction of sp³-hybridized carbons (Fsp3) is 0.381. The van der Waals surface area contributed by atoms with Crippen molar-refractivity contribution in [1.82, 2.24) is 4.31 Å². The predicted molar refractivity (Wildman–Crippen MR) is 115 cm³/mol. The Hall–Kier alpha value is -2.44. The van der Waals surface area contributed by atoms with Crippen LogP contribution >= 0.6 is 11.8 Å². The molecule has 1 N–H and O–H groups in total. The highest BCUT2D eigenvalue weighted by molar-refractivity contribution is 7.99. The number of hydrogen-bond donors (Lipinski definition) is 1.